The summed E-state index contributed by atoms with van der Waals surface area (Å²) in [6.07, 6.45) is 16.4. The van der Waals surface area contributed by atoms with Crippen molar-refractivity contribution in [1.82, 2.24) is 13.7 Å². The fourth-order valence-corrected chi connectivity index (χ4v) is 13.1. The minimum Gasteiger partial charge on any atom is -0.446 e. The third-order valence-electron chi connectivity index (χ3n) is 17.8. The van der Waals surface area contributed by atoms with Gasteiger partial charge in [-0.25, -0.2) is 14.4 Å². The molecule has 2 aliphatic carbocycles. The van der Waals surface area contributed by atoms with Crippen molar-refractivity contribution in [2.45, 2.75) is 128 Å². The van der Waals surface area contributed by atoms with Gasteiger partial charge in [0.2, 0.25) is 0 Å². The van der Waals surface area contributed by atoms with Gasteiger partial charge < -0.3 is 27.9 Å². The van der Waals surface area contributed by atoms with Gasteiger partial charge in [-0.1, -0.05) is 72.8 Å². The van der Waals surface area contributed by atoms with Gasteiger partial charge in [0.15, 0.2) is 0 Å². The summed E-state index contributed by atoms with van der Waals surface area (Å²) in [6, 6.07) is 48.6. The van der Waals surface area contributed by atoms with Crippen LogP contribution in [0.15, 0.2) is 189 Å². The van der Waals surface area contributed by atoms with Gasteiger partial charge >= 0.3 is 18.3 Å². The van der Waals surface area contributed by atoms with E-state index in [2.05, 4.69) is 34.1 Å². The highest BCUT2D eigenvalue weighted by Crippen LogP contribution is 2.48. The van der Waals surface area contributed by atoms with Crippen LogP contribution >= 0.6 is 0 Å². The van der Waals surface area contributed by atoms with Crippen molar-refractivity contribution in [1.29, 1.82) is 0 Å². The van der Waals surface area contributed by atoms with Crippen LogP contribution < -0.4 is 30.7 Å². The number of anilines is 9. The Balaban J connectivity index is 0.771. The molecule has 2 fully saturated rings. The van der Waals surface area contributed by atoms with Crippen LogP contribution in [0.25, 0.3) is 0 Å². The number of para-hydroxylation sites is 3. The standard InChI is InChI=1S/C74H71N9O9/c1-74(2,3)92-73(89)77-55-26-23-48-22-21-47-13-4-7-18-62(47)81(65(48)39-55)69(85)45-79-35-31-51(42-79)61-38-50-25-28-54(76-72(88)91-57-29-30-57)41-67(50)83(64-20-9-6-17-59(61)64)70(86)46-80-36-32-52(43-80)60-37-49-24-27-53(75-71(87)90-56-14-12-15-56)40-66(49)82(63-19-8-5-16-58(60)63)68(84)44-78-33-10-11-34-78/h4-11,13,16-20,23-28,31-36,39-43,56-57,60-61H,12,14-15,21-22,29-30,37-38,44-46H2,1-3H3,(H,75,87)(H,76,88)(H,77,89). The van der Waals surface area contributed by atoms with Crippen LogP contribution in [0, 0.1) is 0 Å². The predicted molar refractivity (Wildman–Crippen MR) is 353 cm³/mol. The van der Waals surface area contributed by atoms with Crippen molar-refractivity contribution in [3.63, 3.8) is 0 Å². The van der Waals surface area contributed by atoms with Crippen molar-refractivity contribution in [2.75, 3.05) is 30.7 Å². The number of benzene rings is 6. The molecular formula is C74H71N9O9. The molecule has 2 atom stereocenters. The van der Waals surface area contributed by atoms with E-state index in [0.717, 1.165) is 88.7 Å². The molecule has 3 aromatic heterocycles. The first-order valence-electron chi connectivity index (χ1n) is 31.6. The maximum absolute atomic E-state index is 15.7. The predicted octanol–water partition coefficient (Wildman–Crippen LogP) is 14.8. The summed E-state index contributed by atoms with van der Waals surface area (Å²) in [5.74, 6) is -1.09. The highest BCUT2D eigenvalue weighted by atomic mass is 16.6. The highest BCUT2D eigenvalue weighted by molar-refractivity contribution is 6.06. The number of nitrogens with one attached hydrogen (secondary N) is 3. The lowest BCUT2D eigenvalue weighted by Gasteiger charge is -2.27. The number of rotatable bonds is 13. The maximum atomic E-state index is 15.7. The quantitative estimate of drug-likeness (QED) is 0.0943. The molecule has 3 aliphatic heterocycles. The van der Waals surface area contributed by atoms with Gasteiger partial charge in [0, 0.05) is 66.1 Å². The summed E-state index contributed by atoms with van der Waals surface area (Å²) >= 11 is 0. The van der Waals surface area contributed by atoms with Crippen molar-refractivity contribution < 1.29 is 43.0 Å². The molecule has 3 N–H and O–H groups in total. The Morgan fingerprint density at radius 3 is 1.32 bits per heavy atom. The molecule has 5 aliphatic rings. The molecule has 92 heavy (non-hydrogen) atoms. The molecule has 6 aromatic carbocycles. The molecular weight excluding hydrogens is 1160 g/mol. The number of fused-ring (bicyclic) bond motifs is 6. The molecule has 6 amide bonds. The Bertz CT molecular complexity index is 4340. The van der Waals surface area contributed by atoms with E-state index in [-0.39, 0.29) is 61.4 Å². The molecule has 2 saturated carbocycles. The number of hydrogen-bond acceptors (Lipinski definition) is 9. The summed E-state index contributed by atoms with van der Waals surface area (Å²) < 4.78 is 22.5. The molecule has 9 aromatic rings. The van der Waals surface area contributed by atoms with Gasteiger partial charge in [-0.05, 0) is 202 Å². The average molecular weight is 1230 g/mol. The number of carbonyl (C=O) groups is 6. The molecule has 466 valence electrons. The lowest BCUT2D eigenvalue weighted by molar-refractivity contribution is -0.119. The van der Waals surface area contributed by atoms with Crippen molar-refractivity contribution in [2.24, 2.45) is 0 Å². The van der Waals surface area contributed by atoms with Crippen LogP contribution in [0.5, 0.6) is 0 Å². The number of nitrogens with zero attached hydrogens (tertiary/aromatic N) is 6. The van der Waals surface area contributed by atoms with E-state index in [1.165, 1.54) is 0 Å². The molecule has 0 spiro atoms. The molecule has 2 unspecified atom stereocenters. The largest absolute Gasteiger partial charge is 0.446 e. The fraction of sp³-hybridized carbons (Fsp3) is 0.270. The van der Waals surface area contributed by atoms with Crippen LogP contribution in [0.3, 0.4) is 0 Å². The third kappa shape index (κ3) is 12.5. The molecule has 18 heteroatoms. The van der Waals surface area contributed by atoms with Gasteiger partial charge in [0.05, 0.1) is 34.1 Å². The first-order valence-corrected chi connectivity index (χ1v) is 31.6. The SMILES string of the molecule is CC(C)(C)OC(=O)Nc1ccc2c(c1)N(C(=O)Cn1ccc(C3Cc4ccc(NC(=O)OC5CC5)cc4N(C(=O)Cn4ccc(C5Cc6ccc(NC(=O)OC7CCC7)cc6N(C(=O)Cn6cccc6)c6ccccc65)c4)c4ccccc43)c1)c1ccccc1CC2. The van der Waals surface area contributed by atoms with E-state index < -0.39 is 23.9 Å². The Morgan fingerprint density at radius 2 is 0.837 bits per heavy atom. The first kappa shape index (κ1) is 59.0. The Kier molecular flexibility index (Phi) is 15.8. The van der Waals surface area contributed by atoms with Crippen molar-refractivity contribution in [3.8, 4) is 0 Å². The van der Waals surface area contributed by atoms with Gasteiger partial charge in [-0.2, -0.15) is 0 Å². The van der Waals surface area contributed by atoms with Gasteiger partial charge in [-0.15, -0.1) is 0 Å². The topological polar surface area (TPSA) is 191 Å². The molecule has 18 nitrogen and oxygen atoms in total. The average Bonchev–Trinajstić information content (AvgIpc) is 1.67. The number of carbonyl (C=O) groups excluding carboxylic acids is 6. The number of amides is 6. The first-order chi connectivity index (χ1) is 44.6. The van der Waals surface area contributed by atoms with Crippen LogP contribution in [0.1, 0.15) is 109 Å². The van der Waals surface area contributed by atoms with Crippen LogP contribution in [-0.2, 0) is 73.9 Å². The van der Waals surface area contributed by atoms with E-state index in [1.807, 2.05) is 205 Å². The second kappa shape index (κ2) is 24.6. The number of aryl methyl sites for hydroxylation is 2. The van der Waals surface area contributed by atoms with E-state index in [0.29, 0.717) is 64.8 Å². The molecule has 0 saturated heterocycles. The van der Waals surface area contributed by atoms with Crippen molar-refractivity contribution in [3.05, 3.63) is 233 Å². The van der Waals surface area contributed by atoms with E-state index in [4.69, 9.17) is 14.2 Å². The summed E-state index contributed by atoms with van der Waals surface area (Å²) in [7, 11) is 0. The van der Waals surface area contributed by atoms with Crippen molar-refractivity contribution >= 4 is 87.2 Å². The summed E-state index contributed by atoms with van der Waals surface area (Å²) in [5.41, 5.74) is 12.4. The minimum atomic E-state index is -0.700. The molecule has 0 bridgehead atoms. The highest BCUT2D eigenvalue weighted by Gasteiger charge is 2.36. The lowest BCUT2D eigenvalue weighted by Crippen LogP contribution is -2.30. The smallest absolute Gasteiger partial charge is 0.412 e. The second-order valence-corrected chi connectivity index (χ2v) is 25.5. The van der Waals surface area contributed by atoms with E-state index in [1.54, 1.807) is 14.7 Å². The third-order valence-corrected chi connectivity index (χ3v) is 17.8. The minimum absolute atomic E-state index is 0.00165. The second-order valence-electron chi connectivity index (χ2n) is 25.5. The summed E-state index contributed by atoms with van der Waals surface area (Å²) in [5, 5.41) is 8.72. The van der Waals surface area contributed by atoms with Crippen LogP contribution in [0.2, 0.25) is 0 Å². The Morgan fingerprint density at radius 1 is 0.424 bits per heavy atom. The number of ether oxygens (including phenoxy) is 3. The van der Waals surface area contributed by atoms with Gasteiger partial charge in [0.1, 0.15) is 37.4 Å². The Labute approximate surface area is 533 Å². The summed E-state index contributed by atoms with van der Waals surface area (Å²) in [4.78, 5) is 90.0. The molecule has 0 radical (unpaired) electrons. The number of aromatic nitrogens is 3. The molecule has 14 rings (SSSR count). The van der Waals surface area contributed by atoms with Crippen LogP contribution in [-0.4, -0.2) is 67.5 Å². The summed E-state index contributed by atoms with van der Waals surface area (Å²) in [6.45, 7) is 5.45. The monoisotopic (exact) mass is 1230 g/mol. The Hall–Kier alpha value is -10.6. The fourth-order valence-electron chi connectivity index (χ4n) is 13.1. The zero-order valence-corrected chi connectivity index (χ0v) is 51.6. The van der Waals surface area contributed by atoms with Crippen LogP contribution in [0.4, 0.5) is 65.6 Å². The molecule has 6 heterocycles. The zero-order chi connectivity index (χ0) is 63.2. The van der Waals surface area contributed by atoms with E-state index in [9.17, 15) is 19.2 Å². The zero-order valence-electron chi connectivity index (χ0n) is 51.6. The lowest BCUT2D eigenvalue weighted by atomic mass is 9.87. The van der Waals surface area contributed by atoms with Gasteiger partial charge in [-0.3, -0.25) is 45.0 Å². The normalized spacial score (nSPS) is 16.5. The maximum Gasteiger partial charge on any atom is 0.412 e. The number of hydrogen-bond donors (Lipinski definition) is 3. The van der Waals surface area contributed by atoms with Gasteiger partial charge in [0.25, 0.3) is 17.7 Å². The van der Waals surface area contributed by atoms with E-state index >= 15 is 9.59 Å².